The van der Waals surface area contributed by atoms with Crippen LogP contribution in [0.4, 0.5) is 0 Å². The number of carbonyl (C=O) groups is 2. The van der Waals surface area contributed by atoms with Gasteiger partial charge in [0.2, 0.25) is 5.91 Å². The fourth-order valence-electron chi connectivity index (χ4n) is 2.35. The van der Waals surface area contributed by atoms with Crippen molar-refractivity contribution in [2.24, 2.45) is 0 Å². The Labute approximate surface area is 158 Å². The minimum atomic E-state index is -0.300. The Bertz CT molecular complexity index is 760. The van der Waals surface area contributed by atoms with Crippen LogP contribution in [0.5, 0.6) is 5.75 Å². The first-order valence-corrected chi connectivity index (χ1v) is 8.76. The van der Waals surface area contributed by atoms with Crippen LogP contribution in [-0.4, -0.2) is 36.4 Å². The van der Waals surface area contributed by atoms with Crippen LogP contribution in [0, 0.1) is 0 Å². The lowest BCUT2D eigenvalue weighted by Crippen LogP contribution is -2.37. The monoisotopic (exact) mass is 374 g/mol. The topological polar surface area (TPSA) is 58.6 Å². The standard InChI is InChI=1S/C20H23ClN2O3/c1-14(2)26-18-9-7-16(8-10-18)20(25)22-12-19(24)23(3)13-15-5-4-6-17(21)11-15/h4-11,14H,12-13H2,1-3H3,(H,22,25). The molecule has 1 N–H and O–H groups in total. The van der Waals surface area contributed by atoms with Crippen molar-refractivity contribution in [3.63, 3.8) is 0 Å². The Morgan fingerprint density at radius 2 is 1.85 bits per heavy atom. The summed E-state index contributed by atoms with van der Waals surface area (Å²) >= 11 is 5.95. The van der Waals surface area contributed by atoms with Gasteiger partial charge in [-0.1, -0.05) is 23.7 Å². The number of amides is 2. The number of hydrogen-bond acceptors (Lipinski definition) is 3. The van der Waals surface area contributed by atoms with E-state index in [9.17, 15) is 9.59 Å². The zero-order valence-electron chi connectivity index (χ0n) is 15.2. The molecule has 0 aliphatic rings. The maximum Gasteiger partial charge on any atom is 0.251 e. The molecule has 0 aliphatic heterocycles. The highest BCUT2D eigenvalue weighted by atomic mass is 35.5. The summed E-state index contributed by atoms with van der Waals surface area (Å²) in [6, 6.07) is 14.2. The highest BCUT2D eigenvalue weighted by Crippen LogP contribution is 2.14. The maximum atomic E-state index is 12.2. The van der Waals surface area contributed by atoms with Crippen LogP contribution in [0.15, 0.2) is 48.5 Å². The highest BCUT2D eigenvalue weighted by molar-refractivity contribution is 6.30. The van der Waals surface area contributed by atoms with Gasteiger partial charge in [-0.2, -0.15) is 0 Å². The molecule has 0 saturated heterocycles. The van der Waals surface area contributed by atoms with E-state index >= 15 is 0 Å². The van der Waals surface area contributed by atoms with Gasteiger partial charge in [-0.05, 0) is 55.8 Å². The largest absolute Gasteiger partial charge is 0.491 e. The van der Waals surface area contributed by atoms with Gasteiger partial charge in [0.15, 0.2) is 0 Å². The quantitative estimate of drug-likeness (QED) is 0.806. The van der Waals surface area contributed by atoms with Crippen LogP contribution >= 0.6 is 11.6 Å². The summed E-state index contributed by atoms with van der Waals surface area (Å²) < 4.78 is 5.54. The third-order valence-corrected chi connectivity index (χ3v) is 3.86. The SMILES string of the molecule is CC(C)Oc1ccc(C(=O)NCC(=O)N(C)Cc2cccc(Cl)c2)cc1. The van der Waals surface area contributed by atoms with Gasteiger partial charge < -0.3 is 15.0 Å². The molecule has 0 aromatic heterocycles. The van der Waals surface area contributed by atoms with Crippen molar-refractivity contribution < 1.29 is 14.3 Å². The van der Waals surface area contributed by atoms with Crippen molar-refractivity contribution in [1.82, 2.24) is 10.2 Å². The summed E-state index contributed by atoms with van der Waals surface area (Å²) in [7, 11) is 1.69. The van der Waals surface area contributed by atoms with E-state index in [2.05, 4.69) is 5.32 Å². The number of hydrogen-bond donors (Lipinski definition) is 1. The van der Waals surface area contributed by atoms with E-state index in [0.717, 1.165) is 5.56 Å². The van der Waals surface area contributed by atoms with Gasteiger partial charge in [-0.25, -0.2) is 0 Å². The summed E-state index contributed by atoms with van der Waals surface area (Å²) in [5, 5.41) is 3.27. The van der Waals surface area contributed by atoms with Crippen molar-refractivity contribution in [2.45, 2.75) is 26.5 Å². The molecule has 5 nitrogen and oxygen atoms in total. The van der Waals surface area contributed by atoms with Crippen molar-refractivity contribution in [3.8, 4) is 5.75 Å². The van der Waals surface area contributed by atoms with Crippen molar-refractivity contribution in [1.29, 1.82) is 0 Å². The molecule has 138 valence electrons. The van der Waals surface area contributed by atoms with E-state index < -0.39 is 0 Å². The lowest BCUT2D eigenvalue weighted by atomic mass is 10.2. The van der Waals surface area contributed by atoms with E-state index in [4.69, 9.17) is 16.3 Å². The Balaban J connectivity index is 1.84. The number of benzene rings is 2. The molecule has 0 aliphatic carbocycles. The highest BCUT2D eigenvalue weighted by Gasteiger charge is 2.12. The first-order valence-electron chi connectivity index (χ1n) is 8.38. The number of nitrogens with one attached hydrogen (secondary N) is 1. The lowest BCUT2D eigenvalue weighted by Gasteiger charge is -2.18. The van der Waals surface area contributed by atoms with Crippen LogP contribution in [0.25, 0.3) is 0 Å². The van der Waals surface area contributed by atoms with Crippen molar-refractivity contribution in [3.05, 3.63) is 64.7 Å². The summed E-state index contributed by atoms with van der Waals surface area (Å²) in [5.41, 5.74) is 1.41. The molecule has 0 radical (unpaired) electrons. The molecule has 0 bridgehead atoms. The van der Waals surface area contributed by atoms with E-state index in [1.165, 1.54) is 0 Å². The summed E-state index contributed by atoms with van der Waals surface area (Å²) in [4.78, 5) is 25.9. The molecule has 0 unspecified atom stereocenters. The molecule has 2 amide bonds. The van der Waals surface area contributed by atoms with Gasteiger partial charge in [0.25, 0.3) is 5.91 Å². The van der Waals surface area contributed by atoms with E-state index in [1.54, 1.807) is 42.3 Å². The average molecular weight is 375 g/mol. The normalized spacial score (nSPS) is 10.5. The van der Waals surface area contributed by atoms with E-state index in [-0.39, 0.29) is 24.5 Å². The molecule has 2 rings (SSSR count). The molecule has 0 spiro atoms. The molecular formula is C20H23ClN2O3. The van der Waals surface area contributed by atoms with E-state index in [1.807, 2.05) is 32.0 Å². The van der Waals surface area contributed by atoms with E-state index in [0.29, 0.717) is 22.9 Å². The summed E-state index contributed by atoms with van der Waals surface area (Å²) in [5.74, 6) is 0.220. The predicted octanol–water partition coefficient (Wildman–Crippen LogP) is 3.52. The third-order valence-electron chi connectivity index (χ3n) is 3.62. The molecule has 0 fully saturated rings. The van der Waals surface area contributed by atoms with Crippen LogP contribution in [0.3, 0.4) is 0 Å². The Morgan fingerprint density at radius 3 is 2.46 bits per heavy atom. The van der Waals surface area contributed by atoms with Crippen LogP contribution in [0.1, 0.15) is 29.8 Å². The first-order chi connectivity index (χ1) is 12.3. The number of ether oxygens (including phenoxy) is 1. The van der Waals surface area contributed by atoms with Crippen LogP contribution in [-0.2, 0) is 11.3 Å². The Kier molecular flexibility index (Phi) is 7.04. The molecular weight excluding hydrogens is 352 g/mol. The summed E-state index contributed by atoms with van der Waals surface area (Å²) in [6.45, 7) is 4.23. The second-order valence-electron chi connectivity index (χ2n) is 6.25. The maximum absolute atomic E-state index is 12.2. The number of rotatable bonds is 7. The molecule has 26 heavy (non-hydrogen) atoms. The van der Waals surface area contributed by atoms with Crippen LogP contribution < -0.4 is 10.1 Å². The predicted molar refractivity (Wildman–Crippen MR) is 102 cm³/mol. The molecule has 0 atom stereocenters. The van der Waals surface area contributed by atoms with Gasteiger partial charge in [0.05, 0.1) is 12.6 Å². The molecule has 2 aromatic rings. The zero-order valence-corrected chi connectivity index (χ0v) is 15.9. The Morgan fingerprint density at radius 1 is 1.15 bits per heavy atom. The second kappa shape index (κ2) is 9.25. The fourth-order valence-corrected chi connectivity index (χ4v) is 2.56. The molecule has 0 saturated carbocycles. The minimum absolute atomic E-state index is 0.0693. The van der Waals surface area contributed by atoms with Crippen molar-refractivity contribution >= 4 is 23.4 Å². The van der Waals surface area contributed by atoms with Gasteiger partial charge in [-0.15, -0.1) is 0 Å². The number of halogens is 1. The van der Waals surface area contributed by atoms with Gasteiger partial charge >= 0.3 is 0 Å². The van der Waals surface area contributed by atoms with Crippen molar-refractivity contribution in [2.75, 3.05) is 13.6 Å². The van der Waals surface area contributed by atoms with Gasteiger partial charge in [-0.3, -0.25) is 9.59 Å². The third kappa shape index (κ3) is 6.08. The number of nitrogens with zero attached hydrogens (tertiary/aromatic N) is 1. The zero-order chi connectivity index (χ0) is 19.1. The minimum Gasteiger partial charge on any atom is -0.491 e. The smallest absolute Gasteiger partial charge is 0.251 e. The molecule has 2 aromatic carbocycles. The fraction of sp³-hybridized carbons (Fsp3) is 0.300. The van der Waals surface area contributed by atoms with Gasteiger partial charge in [0, 0.05) is 24.2 Å². The second-order valence-corrected chi connectivity index (χ2v) is 6.69. The number of likely N-dealkylation sites (N-methyl/N-ethyl adjacent to an activating group) is 1. The molecule has 0 heterocycles. The average Bonchev–Trinajstić information content (AvgIpc) is 2.59. The Hall–Kier alpha value is -2.53. The first kappa shape index (κ1) is 19.8. The van der Waals surface area contributed by atoms with Crippen LogP contribution in [0.2, 0.25) is 5.02 Å². The molecule has 6 heteroatoms. The van der Waals surface area contributed by atoms with Gasteiger partial charge in [0.1, 0.15) is 5.75 Å². The summed E-state index contributed by atoms with van der Waals surface area (Å²) in [6.07, 6.45) is 0.0716. The lowest BCUT2D eigenvalue weighted by molar-refractivity contribution is -0.129. The number of carbonyl (C=O) groups excluding carboxylic acids is 2.